The van der Waals surface area contributed by atoms with Gasteiger partial charge in [0.1, 0.15) is 6.29 Å². The van der Waals surface area contributed by atoms with Crippen molar-refractivity contribution in [2.75, 3.05) is 0 Å². The van der Waals surface area contributed by atoms with Gasteiger partial charge in [0.15, 0.2) is 0 Å². The predicted molar refractivity (Wildman–Crippen MR) is 147 cm³/mol. The average Bonchev–Trinajstić information content (AvgIpc) is 3.39. The van der Waals surface area contributed by atoms with E-state index < -0.39 is 0 Å². The smallest absolute Gasteiger partial charge is 0.150 e. The van der Waals surface area contributed by atoms with Crippen LogP contribution in [-0.4, -0.2) is 6.29 Å². The van der Waals surface area contributed by atoms with Crippen molar-refractivity contribution >= 4 is 6.29 Å². The summed E-state index contributed by atoms with van der Waals surface area (Å²) in [6, 6.07) is 15.3. The Kier molecular flexibility index (Phi) is 11.9. The van der Waals surface area contributed by atoms with E-state index in [0.717, 1.165) is 23.7 Å². The van der Waals surface area contributed by atoms with Gasteiger partial charge in [-0.2, -0.15) is 0 Å². The molecule has 0 bridgehead atoms. The molecule has 2 aliphatic rings. The summed E-state index contributed by atoms with van der Waals surface area (Å²) in [6.45, 7) is 4.67. The summed E-state index contributed by atoms with van der Waals surface area (Å²) in [5, 5.41) is 0. The summed E-state index contributed by atoms with van der Waals surface area (Å²) in [5.41, 5.74) is 6.97. The van der Waals surface area contributed by atoms with Crippen LogP contribution in [0.4, 0.5) is 0 Å². The summed E-state index contributed by atoms with van der Waals surface area (Å²) < 4.78 is 0. The van der Waals surface area contributed by atoms with Gasteiger partial charge >= 0.3 is 0 Å². The Labute approximate surface area is 209 Å². The van der Waals surface area contributed by atoms with E-state index >= 15 is 0 Å². The molecule has 2 aromatic rings. The van der Waals surface area contributed by atoms with Gasteiger partial charge in [0.05, 0.1) is 0 Å². The van der Waals surface area contributed by atoms with Gasteiger partial charge in [0.2, 0.25) is 0 Å². The molecular formula is C33H48O. The first-order valence-corrected chi connectivity index (χ1v) is 14.3. The van der Waals surface area contributed by atoms with Crippen LogP contribution < -0.4 is 0 Å². The van der Waals surface area contributed by atoms with Crippen molar-refractivity contribution in [1.82, 2.24) is 0 Å². The molecule has 0 spiro atoms. The molecule has 0 amide bonds. The number of carbonyl (C=O) groups is 1. The fourth-order valence-electron chi connectivity index (χ4n) is 5.69. The van der Waals surface area contributed by atoms with E-state index in [-0.39, 0.29) is 0 Å². The van der Waals surface area contributed by atoms with Crippen molar-refractivity contribution in [2.45, 2.75) is 117 Å². The number of rotatable bonds is 11. The summed E-state index contributed by atoms with van der Waals surface area (Å²) >= 11 is 0. The molecule has 34 heavy (non-hydrogen) atoms. The van der Waals surface area contributed by atoms with Crippen molar-refractivity contribution in [3.8, 4) is 0 Å². The van der Waals surface area contributed by atoms with Crippen LogP contribution in [0.5, 0.6) is 0 Å². The normalized spacial score (nSPS) is 17.6. The van der Waals surface area contributed by atoms with Gasteiger partial charge in [-0.1, -0.05) is 114 Å². The molecule has 0 aliphatic heterocycles. The van der Waals surface area contributed by atoms with E-state index in [9.17, 15) is 4.79 Å². The number of hydrogen-bond donors (Lipinski definition) is 0. The number of hydrogen-bond acceptors (Lipinski definition) is 1. The van der Waals surface area contributed by atoms with Crippen LogP contribution in [0, 0.1) is 11.8 Å². The third-order valence-corrected chi connectivity index (χ3v) is 8.00. The third kappa shape index (κ3) is 9.40. The molecule has 1 nitrogen and oxygen atoms in total. The van der Waals surface area contributed by atoms with Gasteiger partial charge in [-0.05, 0) is 79.0 Å². The van der Waals surface area contributed by atoms with E-state index in [1.807, 2.05) is 12.1 Å². The molecule has 4 rings (SSSR count). The van der Waals surface area contributed by atoms with E-state index in [4.69, 9.17) is 0 Å². The van der Waals surface area contributed by atoms with Gasteiger partial charge < -0.3 is 0 Å². The number of unbranched alkanes of at least 4 members (excludes halogenated alkanes) is 5. The van der Waals surface area contributed by atoms with Gasteiger partial charge in [0, 0.05) is 5.56 Å². The lowest BCUT2D eigenvalue weighted by Crippen LogP contribution is -2.11. The van der Waals surface area contributed by atoms with Crippen LogP contribution in [0.25, 0.3) is 0 Å². The van der Waals surface area contributed by atoms with Crippen molar-refractivity contribution < 1.29 is 4.79 Å². The second kappa shape index (κ2) is 15.2. The number of fused-ring (bicyclic) bond motifs is 1. The molecule has 0 heterocycles. The molecule has 0 saturated heterocycles. The topological polar surface area (TPSA) is 17.1 Å². The van der Waals surface area contributed by atoms with Crippen molar-refractivity contribution in [3.05, 3.63) is 70.3 Å². The second-order valence-electron chi connectivity index (χ2n) is 11.0. The Morgan fingerprint density at radius 3 is 2.24 bits per heavy atom. The second-order valence-corrected chi connectivity index (χ2v) is 11.0. The van der Waals surface area contributed by atoms with Gasteiger partial charge in [0.25, 0.3) is 0 Å². The molecule has 186 valence electrons. The van der Waals surface area contributed by atoms with Gasteiger partial charge in [-0.3, -0.25) is 4.79 Å². The van der Waals surface area contributed by atoms with Crippen LogP contribution in [-0.2, 0) is 25.7 Å². The highest BCUT2D eigenvalue weighted by Crippen LogP contribution is 2.29. The molecule has 0 radical (unpaired) electrons. The number of benzene rings is 2. The Bertz CT molecular complexity index is 828. The lowest BCUT2D eigenvalue weighted by molar-refractivity contribution is 0.112. The third-order valence-electron chi connectivity index (χ3n) is 8.00. The molecular weight excluding hydrogens is 412 g/mol. The highest BCUT2D eigenvalue weighted by Gasteiger charge is 2.15. The molecule has 1 atom stereocenters. The summed E-state index contributed by atoms with van der Waals surface area (Å²) in [4.78, 5) is 10.5. The number of aryl methyl sites for hydroxylation is 3. The molecule has 1 fully saturated rings. The lowest BCUT2D eigenvalue weighted by Gasteiger charge is -2.22. The number of carbonyl (C=O) groups excluding carboxylic acids is 1. The predicted octanol–water partition coefficient (Wildman–Crippen LogP) is 9.34. The molecule has 2 aliphatic carbocycles. The van der Waals surface area contributed by atoms with Gasteiger partial charge in [-0.25, -0.2) is 0 Å². The quantitative estimate of drug-likeness (QED) is 0.241. The zero-order chi connectivity index (χ0) is 24.0. The Morgan fingerprint density at radius 1 is 0.794 bits per heavy atom. The van der Waals surface area contributed by atoms with E-state index in [1.165, 1.54) is 108 Å². The van der Waals surface area contributed by atoms with Crippen LogP contribution in [0.1, 0.15) is 124 Å². The highest BCUT2D eigenvalue weighted by molar-refractivity contribution is 5.74. The molecule has 0 N–H and O–H groups in total. The maximum atomic E-state index is 10.5. The number of aldehydes is 1. The van der Waals surface area contributed by atoms with Gasteiger partial charge in [-0.15, -0.1) is 0 Å². The molecule has 0 unspecified atom stereocenters. The zero-order valence-corrected chi connectivity index (χ0v) is 22.0. The SMILES string of the molecule is CCCCCCCCc1ccc2c(c1)CC[C@H](C)C2.O=Cc1ccc(CCC2CCCC2)cc1. The fraction of sp³-hybridized carbons (Fsp3) is 0.606. The lowest BCUT2D eigenvalue weighted by atomic mass is 9.84. The first-order chi connectivity index (χ1) is 16.7. The molecule has 2 aromatic carbocycles. The zero-order valence-electron chi connectivity index (χ0n) is 22.0. The maximum absolute atomic E-state index is 10.5. The summed E-state index contributed by atoms with van der Waals surface area (Å²) in [6.07, 6.45) is 22.8. The molecule has 1 saturated carbocycles. The van der Waals surface area contributed by atoms with Crippen LogP contribution >= 0.6 is 0 Å². The fourth-order valence-corrected chi connectivity index (χ4v) is 5.69. The first-order valence-electron chi connectivity index (χ1n) is 14.3. The Hall–Kier alpha value is -1.89. The standard InChI is InChI=1S/C19H30.C14H18O/c1-3-4-5-6-7-8-9-17-11-13-18-14-16(2)10-12-19(18)15-17;15-11-14-9-7-13(8-10-14)6-5-12-3-1-2-4-12/h11,13,15-16H,3-10,12,14H2,1-2H3;7-12H,1-6H2/t16-;/m0./s1. The molecule has 1 heteroatoms. The summed E-state index contributed by atoms with van der Waals surface area (Å²) in [5.74, 6) is 1.84. The van der Waals surface area contributed by atoms with E-state index in [1.54, 1.807) is 16.7 Å². The largest absolute Gasteiger partial charge is 0.298 e. The van der Waals surface area contributed by atoms with E-state index in [0.29, 0.717) is 0 Å². The minimum atomic E-state index is 0.777. The van der Waals surface area contributed by atoms with Crippen LogP contribution in [0.3, 0.4) is 0 Å². The van der Waals surface area contributed by atoms with Crippen molar-refractivity contribution in [1.29, 1.82) is 0 Å². The average molecular weight is 461 g/mol. The maximum Gasteiger partial charge on any atom is 0.150 e. The van der Waals surface area contributed by atoms with Crippen molar-refractivity contribution in [2.24, 2.45) is 11.8 Å². The van der Waals surface area contributed by atoms with Crippen LogP contribution in [0.2, 0.25) is 0 Å². The highest BCUT2D eigenvalue weighted by atomic mass is 16.1. The summed E-state index contributed by atoms with van der Waals surface area (Å²) in [7, 11) is 0. The minimum absolute atomic E-state index is 0.777. The molecule has 0 aromatic heterocycles. The van der Waals surface area contributed by atoms with Crippen LogP contribution in [0.15, 0.2) is 42.5 Å². The van der Waals surface area contributed by atoms with Crippen molar-refractivity contribution in [3.63, 3.8) is 0 Å². The monoisotopic (exact) mass is 460 g/mol. The minimum Gasteiger partial charge on any atom is -0.298 e. The Morgan fingerprint density at radius 2 is 1.50 bits per heavy atom. The first kappa shape index (κ1) is 26.7. The van der Waals surface area contributed by atoms with E-state index in [2.05, 4.69) is 44.2 Å². The Balaban J connectivity index is 0.000000196.